The number of amides is 1. The predicted octanol–water partition coefficient (Wildman–Crippen LogP) is 2.70. The van der Waals surface area contributed by atoms with Gasteiger partial charge >= 0.3 is 0 Å². The standard InChI is InChI=1S/C17H18N2O2/c1-10-8-12(3-7-16(10)20)17(21)19-15-6-2-11-9-13(18)4-5-14(11)15/h3-5,7-9,15,20H,2,6,18H2,1H3,(H,19,21). The van der Waals surface area contributed by atoms with Gasteiger partial charge < -0.3 is 16.2 Å². The van der Waals surface area contributed by atoms with E-state index in [0.29, 0.717) is 11.1 Å². The minimum absolute atomic E-state index is 0.0298. The monoisotopic (exact) mass is 282 g/mol. The normalized spacial score (nSPS) is 16.5. The molecule has 0 fully saturated rings. The van der Waals surface area contributed by atoms with Gasteiger partial charge in [-0.25, -0.2) is 0 Å². The van der Waals surface area contributed by atoms with Crippen molar-refractivity contribution in [2.75, 3.05) is 5.73 Å². The number of nitrogen functional groups attached to an aromatic ring is 1. The van der Waals surface area contributed by atoms with Gasteiger partial charge in [-0.3, -0.25) is 4.79 Å². The Morgan fingerprint density at radius 3 is 2.86 bits per heavy atom. The Balaban J connectivity index is 1.79. The number of hydrogen-bond acceptors (Lipinski definition) is 3. The summed E-state index contributed by atoms with van der Waals surface area (Å²) in [4.78, 5) is 12.3. The number of aryl methyl sites for hydroxylation is 2. The molecule has 2 aromatic rings. The summed E-state index contributed by atoms with van der Waals surface area (Å²) in [5, 5.41) is 12.6. The van der Waals surface area contributed by atoms with Crippen molar-refractivity contribution in [2.45, 2.75) is 25.8 Å². The van der Waals surface area contributed by atoms with E-state index in [0.717, 1.165) is 24.1 Å². The lowest BCUT2D eigenvalue weighted by Crippen LogP contribution is -2.27. The Kier molecular flexibility index (Phi) is 3.29. The minimum atomic E-state index is -0.118. The lowest BCUT2D eigenvalue weighted by atomic mass is 10.1. The highest BCUT2D eigenvalue weighted by Gasteiger charge is 2.24. The molecule has 0 heterocycles. The number of benzene rings is 2. The van der Waals surface area contributed by atoms with Crippen LogP contribution in [0.1, 0.15) is 39.5 Å². The van der Waals surface area contributed by atoms with Crippen LogP contribution < -0.4 is 11.1 Å². The lowest BCUT2D eigenvalue weighted by molar-refractivity contribution is 0.0936. The second-order valence-corrected chi connectivity index (χ2v) is 5.52. The number of carbonyl (C=O) groups excluding carboxylic acids is 1. The molecule has 0 radical (unpaired) electrons. The van der Waals surface area contributed by atoms with Crippen LogP contribution in [0.3, 0.4) is 0 Å². The molecule has 0 saturated heterocycles. The number of aromatic hydroxyl groups is 1. The highest BCUT2D eigenvalue weighted by molar-refractivity contribution is 5.95. The van der Waals surface area contributed by atoms with Crippen LogP contribution in [0.15, 0.2) is 36.4 Å². The van der Waals surface area contributed by atoms with Gasteiger partial charge in [0.15, 0.2) is 0 Å². The molecule has 1 aliphatic carbocycles. The van der Waals surface area contributed by atoms with Gasteiger partial charge in [-0.1, -0.05) is 6.07 Å². The van der Waals surface area contributed by atoms with Crippen LogP contribution >= 0.6 is 0 Å². The molecule has 0 aromatic heterocycles. The van der Waals surface area contributed by atoms with Crippen LogP contribution in [0.25, 0.3) is 0 Å². The third-order valence-electron chi connectivity index (χ3n) is 4.01. The molecule has 1 unspecified atom stereocenters. The number of rotatable bonds is 2. The topological polar surface area (TPSA) is 75.4 Å². The Hall–Kier alpha value is -2.49. The number of nitrogens with two attached hydrogens (primary N) is 1. The number of phenols is 1. The number of hydrogen-bond donors (Lipinski definition) is 3. The molecule has 4 nitrogen and oxygen atoms in total. The van der Waals surface area contributed by atoms with Crippen molar-refractivity contribution in [3.8, 4) is 5.75 Å². The van der Waals surface area contributed by atoms with Crippen molar-refractivity contribution in [3.05, 3.63) is 58.7 Å². The smallest absolute Gasteiger partial charge is 0.251 e. The second-order valence-electron chi connectivity index (χ2n) is 5.52. The van der Waals surface area contributed by atoms with Crippen LogP contribution in [0.2, 0.25) is 0 Å². The average molecular weight is 282 g/mol. The van der Waals surface area contributed by atoms with Crippen LogP contribution in [0.5, 0.6) is 5.75 Å². The first-order valence-electron chi connectivity index (χ1n) is 7.03. The fraction of sp³-hybridized carbons (Fsp3) is 0.235. The van der Waals surface area contributed by atoms with Gasteiger partial charge in [0.25, 0.3) is 5.91 Å². The third kappa shape index (κ3) is 2.57. The SMILES string of the molecule is Cc1cc(C(=O)NC2CCc3cc(N)ccc32)ccc1O. The number of phenolic OH excluding ortho intramolecular Hbond substituents is 1. The van der Waals surface area contributed by atoms with Gasteiger partial charge in [0.2, 0.25) is 0 Å². The van der Waals surface area contributed by atoms with Crippen molar-refractivity contribution in [1.29, 1.82) is 0 Å². The van der Waals surface area contributed by atoms with E-state index in [1.165, 1.54) is 5.56 Å². The summed E-state index contributed by atoms with van der Waals surface area (Å²) >= 11 is 0. The highest BCUT2D eigenvalue weighted by Crippen LogP contribution is 2.32. The highest BCUT2D eigenvalue weighted by atomic mass is 16.3. The molecule has 0 saturated carbocycles. The molecule has 0 aliphatic heterocycles. The molecule has 0 spiro atoms. The Bertz CT molecular complexity index is 710. The molecule has 2 aromatic carbocycles. The van der Waals surface area contributed by atoms with Gasteiger partial charge in [-0.05, 0) is 66.8 Å². The summed E-state index contributed by atoms with van der Waals surface area (Å²) in [6.07, 6.45) is 1.82. The number of anilines is 1. The maximum atomic E-state index is 12.3. The molecule has 4 heteroatoms. The summed E-state index contributed by atoms with van der Waals surface area (Å²) in [5.41, 5.74) is 10.2. The van der Waals surface area contributed by atoms with E-state index in [4.69, 9.17) is 5.73 Å². The quantitative estimate of drug-likeness (QED) is 0.741. The first-order valence-corrected chi connectivity index (χ1v) is 7.03. The molecule has 0 bridgehead atoms. The second kappa shape index (κ2) is 5.13. The zero-order valence-corrected chi connectivity index (χ0v) is 11.9. The molecule has 3 rings (SSSR count). The van der Waals surface area contributed by atoms with E-state index < -0.39 is 0 Å². The Labute approximate surface area is 123 Å². The van der Waals surface area contributed by atoms with Crippen LogP contribution in [-0.4, -0.2) is 11.0 Å². The summed E-state index contributed by atoms with van der Waals surface area (Å²) in [5.74, 6) is 0.0843. The van der Waals surface area contributed by atoms with E-state index in [9.17, 15) is 9.90 Å². The van der Waals surface area contributed by atoms with Crippen molar-refractivity contribution in [3.63, 3.8) is 0 Å². The molecule has 108 valence electrons. The van der Waals surface area contributed by atoms with Crippen molar-refractivity contribution >= 4 is 11.6 Å². The molecule has 1 amide bonds. The zero-order valence-electron chi connectivity index (χ0n) is 11.9. The first kappa shape index (κ1) is 13.5. The van der Waals surface area contributed by atoms with Gasteiger partial charge in [0.1, 0.15) is 5.75 Å². The molecular weight excluding hydrogens is 264 g/mol. The maximum absolute atomic E-state index is 12.3. The number of nitrogens with one attached hydrogen (secondary N) is 1. The zero-order chi connectivity index (χ0) is 15.0. The van der Waals surface area contributed by atoms with E-state index >= 15 is 0 Å². The number of carbonyl (C=O) groups is 1. The van der Waals surface area contributed by atoms with Gasteiger partial charge in [0.05, 0.1) is 6.04 Å². The summed E-state index contributed by atoms with van der Waals surface area (Å²) in [7, 11) is 0. The molecule has 1 aliphatic rings. The van der Waals surface area contributed by atoms with E-state index in [-0.39, 0.29) is 17.7 Å². The van der Waals surface area contributed by atoms with Crippen LogP contribution in [0, 0.1) is 6.92 Å². The molecule has 1 atom stereocenters. The Morgan fingerprint density at radius 2 is 2.10 bits per heavy atom. The Morgan fingerprint density at radius 1 is 1.29 bits per heavy atom. The van der Waals surface area contributed by atoms with E-state index in [2.05, 4.69) is 5.32 Å². The first-order chi connectivity index (χ1) is 10.0. The van der Waals surface area contributed by atoms with E-state index in [1.54, 1.807) is 25.1 Å². The lowest BCUT2D eigenvalue weighted by Gasteiger charge is -2.15. The van der Waals surface area contributed by atoms with Crippen LogP contribution in [-0.2, 0) is 6.42 Å². The van der Waals surface area contributed by atoms with Crippen molar-refractivity contribution < 1.29 is 9.90 Å². The van der Waals surface area contributed by atoms with Crippen molar-refractivity contribution in [1.82, 2.24) is 5.32 Å². The van der Waals surface area contributed by atoms with E-state index in [1.807, 2.05) is 18.2 Å². The average Bonchev–Trinajstić information content (AvgIpc) is 2.84. The fourth-order valence-electron chi connectivity index (χ4n) is 2.83. The molecular formula is C17H18N2O2. The van der Waals surface area contributed by atoms with Gasteiger partial charge in [0, 0.05) is 11.3 Å². The molecule has 21 heavy (non-hydrogen) atoms. The largest absolute Gasteiger partial charge is 0.508 e. The third-order valence-corrected chi connectivity index (χ3v) is 4.01. The van der Waals surface area contributed by atoms with Crippen LogP contribution in [0.4, 0.5) is 5.69 Å². The van der Waals surface area contributed by atoms with Crippen molar-refractivity contribution in [2.24, 2.45) is 0 Å². The predicted molar refractivity (Wildman–Crippen MR) is 82.2 cm³/mol. The summed E-state index contributed by atoms with van der Waals surface area (Å²) in [6.45, 7) is 1.78. The van der Waals surface area contributed by atoms with Gasteiger partial charge in [-0.2, -0.15) is 0 Å². The molecule has 4 N–H and O–H groups in total. The summed E-state index contributed by atoms with van der Waals surface area (Å²) < 4.78 is 0. The van der Waals surface area contributed by atoms with Gasteiger partial charge in [-0.15, -0.1) is 0 Å². The summed E-state index contributed by atoms with van der Waals surface area (Å²) in [6, 6.07) is 10.8. The minimum Gasteiger partial charge on any atom is -0.508 e. The fourth-order valence-corrected chi connectivity index (χ4v) is 2.83. The number of fused-ring (bicyclic) bond motifs is 1. The maximum Gasteiger partial charge on any atom is 0.251 e.